The highest BCUT2D eigenvalue weighted by Crippen LogP contribution is 2.18. The third kappa shape index (κ3) is 4.47. The Morgan fingerprint density at radius 2 is 1.94 bits per heavy atom. The molecule has 0 aliphatic rings. The first kappa shape index (κ1) is 14.7. The Morgan fingerprint density at radius 3 is 2.56 bits per heavy atom. The van der Waals surface area contributed by atoms with Gasteiger partial charge in [-0.25, -0.2) is 0 Å². The lowest BCUT2D eigenvalue weighted by Crippen LogP contribution is -2.29. The van der Waals surface area contributed by atoms with Crippen LogP contribution in [0.5, 0.6) is 0 Å². The molecule has 0 radical (unpaired) electrons. The van der Waals surface area contributed by atoms with Crippen LogP contribution in [0.2, 0.25) is 5.02 Å². The van der Waals surface area contributed by atoms with Gasteiger partial charge in [0.25, 0.3) is 0 Å². The first-order valence-electron chi connectivity index (χ1n) is 5.78. The zero-order valence-electron chi connectivity index (χ0n) is 9.93. The van der Waals surface area contributed by atoms with Gasteiger partial charge in [-0.05, 0) is 25.0 Å². The molecule has 0 saturated carbocycles. The van der Waals surface area contributed by atoms with E-state index in [1.165, 1.54) is 0 Å². The fourth-order valence-corrected chi connectivity index (χ4v) is 1.84. The lowest BCUT2D eigenvalue weighted by atomic mass is 10.0. The molecule has 1 unspecified atom stereocenters. The van der Waals surface area contributed by atoms with Crippen LogP contribution in [0.25, 0.3) is 0 Å². The van der Waals surface area contributed by atoms with Gasteiger partial charge in [-0.1, -0.05) is 30.2 Å². The Kier molecular flexibility index (Phi) is 5.82. The Balaban J connectivity index is 2.34. The molecule has 0 aliphatic heterocycles. The number of rotatable bonds is 7. The van der Waals surface area contributed by atoms with Gasteiger partial charge in [-0.3, -0.25) is 9.59 Å². The summed E-state index contributed by atoms with van der Waals surface area (Å²) < 4.78 is 0. The highest BCUT2D eigenvalue weighted by Gasteiger charge is 2.12. The molecule has 3 N–H and O–H groups in total. The molecule has 0 aliphatic carbocycles. The summed E-state index contributed by atoms with van der Waals surface area (Å²) in [4.78, 5) is 22.3. The summed E-state index contributed by atoms with van der Waals surface area (Å²) >= 11 is 5.91. The third-order valence-electron chi connectivity index (χ3n) is 2.66. The van der Waals surface area contributed by atoms with E-state index in [9.17, 15) is 9.59 Å². The number of carboxylic acids is 1. The van der Waals surface area contributed by atoms with Gasteiger partial charge in [0, 0.05) is 12.0 Å². The Bertz CT molecular complexity index is 434. The average molecular weight is 270 g/mol. The van der Waals surface area contributed by atoms with Crippen LogP contribution >= 0.6 is 11.6 Å². The van der Waals surface area contributed by atoms with E-state index in [0.29, 0.717) is 36.3 Å². The highest BCUT2D eigenvalue weighted by molar-refractivity contribution is 6.33. The van der Waals surface area contributed by atoms with Crippen molar-refractivity contribution in [1.29, 1.82) is 0 Å². The number of benzene rings is 1. The van der Waals surface area contributed by atoms with Crippen molar-refractivity contribution in [2.75, 3.05) is 0 Å². The van der Waals surface area contributed by atoms with Crippen molar-refractivity contribution in [3.63, 3.8) is 0 Å². The van der Waals surface area contributed by atoms with Crippen LogP contribution in [0.15, 0.2) is 24.3 Å². The van der Waals surface area contributed by atoms with Crippen LogP contribution in [0.4, 0.5) is 0 Å². The highest BCUT2D eigenvalue weighted by atomic mass is 35.5. The predicted octanol–water partition coefficient (Wildman–Crippen LogP) is 2.50. The molecule has 4 nitrogen and oxygen atoms in total. The minimum absolute atomic E-state index is 0.0236. The molecule has 1 atom stereocenters. The standard InChI is InChI=1S/C13H16ClNO3/c14-10-6-2-1-5-9(10)12(16)8-4-3-7-11(15)13(17)18/h1-2,5-6,11H,3-4,7-8,15H2,(H,17,18). The number of hydrogen-bond donors (Lipinski definition) is 2. The van der Waals surface area contributed by atoms with E-state index in [0.717, 1.165) is 0 Å². The molecule has 0 bridgehead atoms. The predicted molar refractivity (Wildman–Crippen MR) is 69.9 cm³/mol. The molecule has 0 heterocycles. The first-order valence-corrected chi connectivity index (χ1v) is 6.16. The number of unbranched alkanes of at least 4 members (excludes halogenated alkanes) is 1. The normalized spacial score (nSPS) is 12.1. The van der Waals surface area contributed by atoms with Crippen LogP contribution < -0.4 is 5.73 Å². The van der Waals surface area contributed by atoms with E-state index in [1.807, 2.05) is 0 Å². The fourth-order valence-electron chi connectivity index (χ4n) is 1.60. The maximum Gasteiger partial charge on any atom is 0.320 e. The number of halogens is 1. The topological polar surface area (TPSA) is 80.4 Å². The van der Waals surface area contributed by atoms with Gasteiger partial charge < -0.3 is 10.8 Å². The largest absolute Gasteiger partial charge is 0.480 e. The summed E-state index contributed by atoms with van der Waals surface area (Å²) in [6.45, 7) is 0. The first-order chi connectivity index (χ1) is 8.52. The van der Waals surface area contributed by atoms with E-state index in [2.05, 4.69) is 0 Å². The maximum absolute atomic E-state index is 11.8. The second-order valence-corrected chi connectivity index (χ2v) is 4.50. The van der Waals surface area contributed by atoms with Crippen LogP contribution in [-0.2, 0) is 4.79 Å². The van der Waals surface area contributed by atoms with Gasteiger partial charge in [0.1, 0.15) is 6.04 Å². The summed E-state index contributed by atoms with van der Waals surface area (Å²) in [7, 11) is 0. The number of carboxylic acid groups (broad SMARTS) is 1. The van der Waals surface area contributed by atoms with Crippen molar-refractivity contribution in [1.82, 2.24) is 0 Å². The van der Waals surface area contributed by atoms with E-state index >= 15 is 0 Å². The summed E-state index contributed by atoms with van der Waals surface area (Å²) in [5.74, 6) is -1.03. The molecule has 18 heavy (non-hydrogen) atoms. The second kappa shape index (κ2) is 7.13. The molecule has 0 fully saturated rings. The van der Waals surface area contributed by atoms with Gasteiger partial charge in [0.2, 0.25) is 0 Å². The summed E-state index contributed by atoms with van der Waals surface area (Å²) in [5.41, 5.74) is 5.88. The van der Waals surface area contributed by atoms with Crippen LogP contribution in [0, 0.1) is 0 Å². The van der Waals surface area contributed by atoms with Crippen molar-refractivity contribution in [3.05, 3.63) is 34.9 Å². The minimum Gasteiger partial charge on any atom is -0.480 e. The molecule has 1 rings (SSSR count). The van der Waals surface area contributed by atoms with Gasteiger partial charge in [-0.2, -0.15) is 0 Å². The van der Waals surface area contributed by atoms with E-state index < -0.39 is 12.0 Å². The average Bonchev–Trinajstić information content (AvgIpc) is 2.34. The van der Waals surface area contributed by atoms with E-state index in [1.54, 1.807) is 24.3 Å². The molecule has 0 amide bonds. The van der Waals surface area contributed by atoms with Crippen molar-refractivity contribution >= 4 is 23.4 Å². The Morgan fingerprint density at radius 1 is 1.28 bits per heavy atom. The number of ketones is 1. The van der Waals surface area contributed by atoms with Crippen molar-refractivity contribution in [2.24, 2.45) is 5.73 Å². The maximum atomic E-state index is 11.8. The quantitative estimate of drug-likeness (QED) is 0.589. The summed E-state index contributed by atoms with van der Waals surface area (Å²) in [5, 5.41) is 9.04. The molecule has 1 aromatic rings. The summed E-state index contributed by atoms with van der Waals surface area (Å²) in [6, 6.07) is 6.05. The molecule has 1 aromatic carbocycles. The minimum atomic E-state index is -1.01. The van der Waals surface area contributed by atoms with Gasteiger partial charge >= 0.3 is 5.97 Å². The molecular formula is C13H16ClNO3. The molecule has 0 aromatic heterocycles. The van der Waals surface area contributed by atoms with E-state index in [4.69, 9.17) is 22.4 Å². The van der Waals surface area contributed by atoms with Crippen molar-refractivity contribution in [2.45, 2.75) is 31.7 Å². The van der Waals surface area contributed by atoms with Crippen LogP contribution in [0.3, 0.4) is 0 Å². The lowest BCUT2D eigenvalue weighted by molar-refractivity contribution is -0.138. The Hall–Kier alpha value is -1.39. The monoisotopic (exact) mass is 269 g/mol. The smallest absolute Gasteiger partial charge is 0.320 e. The molecule has 5 heteroatoms. The van der Waals surface area contributed by atoms with Gasteiger partial charge in [0.05, 0.1) is 5.02 Å². The molecule has 98 valence electrons. The number of carbonyl (C=O) groups is 2. The number of aliphatic carboxylic acids is 1. The molecule has 0 saturated heterocycles. The number of nitrogens with two attached hydrogens (primary N) is 1. The summed E-state index contributed by atoms with van der Waals surface area (Å²) in [6.07, 6.45) is 1.97. The van der Waals surface area contributed by atoms with E-state index in [-0.39, 0.29) is 5.78 Å². The third-order valence-corrected chi connectivity index (χ3v) is 2.99. The Labute approximate surface area is 111 Å². The van der Waals surface area contributed by atoms with Gasteiger partial charge in [-0.15, -0.1) is 0 Å². The number of carbonyl (C=O) groups excluding carboxylic acids is 1. The van der Waals surface area contributed by atoms with Crippen molar-refractivity contribution in [3.8, 4) is 0 Å². The number of Topliss-reactive ketones (excluding diaryl/α,β-unsaturated/α-hetero) is 1. The molecular weight excluding hydrogens is 254 g/mol. The van der Waals surface area contributed by atoms with Crippen molar-refractivity contribution < 1.29 is 14.7 Å². The zero-order valence-corrected chi connectivity index (χ0v) is 10.7. The number of hydrogen-bond acceptors (Lipinski definition) is 3. The van der Waals surface area contributed by atoms with Crippen LogP contribution in [0.1, 0.15) is 36.0 Å². The van der Waals surface area contributed by atoms with Crippen LogP contribution in [-0.4, -0.2) is 22.9 Å². The lowest BCUT2D eigenvalue weighted by Gasteiger charge is -2.06. The fraction of sp³-hybridized carbons (Fsp3) is 0.385. The SMILES string of the molecule is NC(CCCCC(=O)c1ccccc1Cl)C(=O)O. The van der Waals surface area contributed by atoms with Gasteiger partial charge in [0.15, 0.2) is 5.78 Å². The second-order valence-electron chi connectivity index (χ2n) is 4.09. The molecule has 0 spiro atoms. The zero-order chi connectivity index (χ0) is 13.5.